The van der Waals surface area contributed by atoms with Gasteiger partial charge in [-0.2, -0.15) is 0 Å². The zero-order valence-corrected chi connectivity index (χ0v) is 21.4. The summed E-state index contributed by atoms with van der Waals surface area (Å²) in [6.07, 6.45) is 11.9. The molecule has 4 rings (SSSR count). The summed E-state index contributed by atoms with van der Waals surface area (Å²) >= 11 is 3.97. The second-order valence-corrected chi connectivity index (χ2v) is 13.8. The van der Waals surface area contributed by atoms with E-state index in [4.69, 9.17) is 0 Å². The largest absolute Gasteiger partial charge is 0.300 e. The molecular formula is C27H45BrO. The SMILES string of the molecule is CC(=O)CCC(C)C1CCC2C3C(C)CC4CC(Br)CCC4(C)C3CC(C)C12C. The predicted octanol–water partition coefficient (Wildman–Crippen LogP) is 7.91. The molecule has 0 aliphatic heterocycles. The lowest BCUT2D eigenvalue weighted by atomic mass is 9.40. The molecule has 11 unspecified atom stereocenters. The van der Waals surface area contributed by atoms with Gasteiger partial charge in [-0.1, -0.05) is 50.5 Å². The fourth-order valence-electron chi connectivity index (χ4n) is 9.53. The number of alkyl halides is 1. The van der Waals surface area contributed by atoms with Crippen LogP contribution in [0.3, 0.4) is 0 Å². The Morgan fingerprint density at radius 2 is 1.79 bits per heavy atom. The van der Waals surface area contributed by atoms with Crippen molar-refractivity contribution in [1.29, 1.82) is 0 Å². The lowest BCUT2D eigenvalue weighted by molar-refractivity contribution is -0.157. The van der Waals surface area contributed by atoms with E-state index in [0.717, 1.165) is 59.1 Å². The van der Waals surface area contributed by atoms with E-state index in [1.807, 2.05) is 0 Å². The first kappa shape index (κ1) is 22.3. The highest BCUT2D eigenvalue weighted by atomic mass is 79.9. The number of carbonyl (C=O) groups is 1. The van der Waals surface area contributed by atoms with Crippen molar-refractivity contribution < 1.29 is 4.79 Å². The van der Waals surface area contributed by atoms with Crippen molar-refractivity contribution in [2.24, 2.45) is 58.2 Å². The summed E-state index contributed by atoms with van der Waals surface area (Å²) < 4.78 is 0. The summed E-state index contributed by atoms with van der Waals surface area (Å²) in [6, 6.07) is 0. The van der Waals surface area contributed by atoms with Gasteiger partial charge in [0.25, 0.3) is 0 Å². The van der Waals surface area contributed by atoms with Crippen molar-refractivity contribution in [3.05, 3.63) is 0 Å². The number of hydrogen-bond acceptors (Lipinski definition) is 1. The standard InChI is InChI=1S/C27H45BrO/c1-16(7-8-19(4)29)22-9-10-23-25-17(2)13-20-15-21(28)11-12-26(20,5)24(25)14-18(3)27(22,23)6/h16-18,20-25H,7-15H2,1-6H3. The van der Waals surface area contributed by atoms with Crippen LogP contribution in [0.1, 0.15) is 99.3 Å². The Morgan fingerprint density at radius 1 is 1.07 bits per heavy atom. The highest BCUT2D eigenvalue weighted by Crippen LogP contribution is 2.71. The van der Waals surface area contributed by atoms with Crippen LogP contribution in [0.25, 0.3) is 0 Å². The summed E-state index contributed by atoms with van der Waals surface area (Å²) in [5.41, 5.74) is 1.07. The Bertz CT molecular complexity index is 630. The second-order valence-electron chi connectivity index (χ2n) is 12.5. The lowest BCUT2D eigenvalue weighted by Crippen LogP contribution is -2.58. The van der Waals surface area contributed by atoms with Gasteiger partial charge < -0.3 is 4.79 Å². The topological polar surface area (TPSA) is 17.1 Å². The lowest BCUT2D eigenvalue weighted by Gasteiger charge is -2.65. The zero-order chi connectivity index (χ0) is 21.1. The molecule has 1 nitrogen and oxygen atoms in total. The van der Waals surface area contributed by atoms with Crippen LogP contribution >= 0.6 is 15.9 Å². The maximum absolute atomic E-state index is 11.6. The molecule has 0 heterocycles. The van der Waals surface area contributed by atoms with Gasteiger partial charge >= 0.3 is 0 Å². The Kier molecular flexibility index (Phi) is 6.11. The monoisotopic (exact) mass is 464 g/mol. The van der Waals surface area contributed by atoms with Crippen molar-refractivity contribution >= 4 is 21.7 Å². The molecule has 4 aliphatic rings. The minimum absolute atomic E-state index is 0.371. The Hall–Kier alpha value is 0.150. The van der Waals surface area contributed by atoms with Crippen LogP contribution in [0.2, 0.25) is 0 Å². The number of ketones is 1. The van der Waals surface area contributed by atoms with E-state index in [1.54, 1.807) is 6.92 Å². The summed E-state index contributed by atoms with van der Waals surface area (Å²) in [5, 5.41) is 0. The first-order valence-corrected chi connectivity index (χ1v) is 13.6. The molecule has 4 fully saturated rings. The third-order valence-electron chi connectivity index (χ3n) is 11.3. The number of halogens is 1. The third kappa shape index (κ3) is 3.50. The average Bonchev–Trinajstić information content (AvgIpc) is 3.01. The van der Waals surface area contributed by atoms with E-state index in [-0.39, 0.29) is 0 Å². The zero-order valence-electron chi connectivity index (χ0n) is 19.8. The number of fused-ring (bicyclic) bond motifs is 5. The number of Topliss-reactive ketones (excluding diaryl/α,β-unsaturated/α-hetero) is 1. The van der Waals surface area contributed by atoms with E-state index >= 15 is 0 Å². The van der Waals surface area contributed by atoms with E-state index in [9.17, 15) is 4.79 Å². The van der Waals surface area contributed by atoms with Gasteiger partial charge in [0, 0.05) is 11.2 Å². The van der Waals surface area contributed by atoms with Crippen LogP contribution in [0, 0.1) is 58.2 Å². The van der Waals surface area contributed by atoms with E-state index in [1.165, 1.54) is 44.9 Å². The molecule has 0 radical (unpaired) electrons. The Balaban J connectivity index is 1.61. The van der Waals surface area contributed by atoms with Gasteiger partial charge in [-0.05, 0) is 116 Å². The maximum Gasteiger partial charge on any atom is 0.129 e. The quantitative estimate of drug-likeness (QED) is 0.386. The van der Waals surface area contributed by atoms with Gasteiger partial charge in [0.2, 0.25) is 0 Å². The molecule has 11 atom stereocenters. The van der Waals surface area contributed by atoms with Gasteiger partial charge in [0.05, 0.1) is 0 Å². The van der Waals surface area contributed by atoms with E-state index < -0.39 is 0 Å². The van der Waals surface area contributed by atoms with Crippen LogP contribution < -0.4 is 0 Å². The predicted molar refractivity (Wildman–Crippen MR) is 126 cm³/mol. The van der Waals surface area contributed by atoms with Crippen molar-refractivity contribution in [2.45, 2.75) is 104 Å². The fraction of sp³-hybridized carbons (Fsp3) is 0.963. The Labute approximate surface area is 188 Å². The highest BCUT2D eigenvalue weighted by Gasteiger charge is 2.64. The minimum atomic E-state index is 0.371. The molecular weight excluding hydrogens is 420 g/mol. The summed E-state index contributed by atoms with van der Waals surface area (Å²) in [7, 11) is 0. The van der Waals surface area contributed by atoms with Gasteiger partial charge in [-0.15, -0.1) is 0 Å². The van der Waals surface area contributed by atoms with Crippen molar-refractivity contribution in [1.82, 2.24) is 0 Å². The van der Waals surface area contributed by atoms with E-state index in [0.29, 0.717) is 22.5 Å². The Morgan fingerprint density at radius 3 is 2.48 bits per heavy atom. The van der Waals surface area contributed by atoms with E-state index in [2.05, 4.69) is 50.5 Å². The molecule has 0 bridgehead atoms. The van der Waals surface area contributed by atoms with Gasteiger partial charge in [0.1, 0.15) is 5.78 Å². The van der Waals surface area contributed by atoms with Gasteiger partial charge in [-0.3, -0.25) is 0 Å². The molecule has 4 saturated carbocycles. The third-order valence-corrected chi connectivity index (χ3v) is 12.1. The average molecular weight is 466 g/mol. The second kappa shape index (κ2) is 7.93. The van der Waals surface area contributed by atoms with Crippen molar-refractivity contribution in [2.75, 3.05) is 0 Å². The van der Waals surface area contributed by atoms with Crippen molar-refractivity contribution in [3.8, 4) is 0 Å². The summed E-state index contributed by atoms with van der Waals surface area (Å²) in [4.78, 5) is 12.4. The molecule has 0 aromatic heterocycles. The molecule has 0 aromatic rings. The summed E-state index contributed by atoms with van der Waals surface area (Å²) in [5.74, 6) is 7.32. The molecule has 0 spiro atoms. The first-order valence-electron chi connectivity index (χ1n) is 12.7. The van der Waals surface area contributed by atoms with Crippen molar-refractivity contribution in [3.63, 3.8) is 0 Å². The first-order chi connectivity index (χ1) is 13.6. The molecule has 29 heavy (non-hydrogen) atoms. The fourth-order valence-corrected chi connectivity index (χ4v) is 10.2. The minimum Gasteiger partial charge on any atom is -0.300 e. The van der Waals surface area contributed by atoms with Crippen LogP contribution in [-0.2, 0) is 4.79 Å². The van der Waals surface area contributed by atoms with Crippen LogP contribution in [0.5, 0.6) is 0 Å². The van der Waals surface area contributed by atoms with Crippen LogP contribution in [0.15, 0.2) is 0 Å². The number of rotatable bonds is 4. The van der Waals surface area contributed by atoms with Crippen LogP contribution in [-0.4, -0.2) is 10.6 Å². The molecule has 0 aromatic carbocycles. The maximum atomic E-state index is 11.6. The number of carbonyl (C=O) groups excluding carboxylic acids is 1. The number of hydrogen-bond donors (Lipinski definition) is 0. The van der Waals surface area contributed by atoms with Crippen LogP contribution in [0.4, 0.5) is 0 Å². The van der Waals surface area contributed by atoms with Gasteiger partial charge in [0.15, 0.2) is 0 Å². The highest BCUT2D eigenvalue weighted by molar-refractivity contribution is 9.09. The van der Waals surface area contributed by atoms with Gasteiger partial charge in [-0.25, -0.2) is 0 Å². The molecule has 4 aliphatic carbocycles. The molecule has 166 valence electrons. The normalized spacial score (nSPS) is 52.9. The molecule has 2 heteroatoms. The molecule has 0 saturated heterocycles. The smallest absolute Gasteiger partial charge is 0.129 e. The molecule has 0 N–H and O–H groups in total. The summed E-state index contributed by atoms with van der Waals surface area (Å²) in [6.45, 7) is 14.8. The molecule has 0 amide bonds.